The average molecular weight is 247 g/mol. The summed E-state index contributed by atoms with van der Waals surface area (Å²) in [5, 5.41) is 0. The fourth-order valence-electron chi connectivity index (χ4n) is 2.73. The van der Waals surface area contributed by atoms with Crippen LogP contribution in [0.1, 0.15) is 19.3 Å². The average Bonchev–Trinajstić information content (AvgIpc) is 2.46. The molecule has 2 N–H and O–H groups in total. The van der Waals surface area contributed by atoms with Crippen molar-refractivity contribution in [1.29, 1.82) is 0 Å². The smallest absolute Gasteiger partial charge is 0.0366 e. The van der Waals surface area contributed by atoms with Crippen LogP contribution in [0.4, 0.5) is 5.69 Å². The molecule has 1 aromatic carbocycles. The molecule has 3 heteroatoms. The SMILES string of the molecule is CN(CCCN)C1CCN(c2ccccc2)CC1. The van der Waals surface area contributed by atoms with Crippen LogP contribution >= 0.6 is 0 Å². The van der Waals surface area contributed by atoms with Crippen molar-refractivity contribution in [2.24, 2.45) is 5.73 Å². The van der Waals surface area contributed by atoms with E-state index in [1.54, 1.807) is 0 Å². The van der Waals surface area contributed by atoms with Crippen molar-refractivity contribution in [2.45, 2.75) is 25.3 Å². The topological polar surface area (TPSA) is 32.5 Å². The largest absolute Gasteiger partial charge is 0.371 e. The molecule has 0 spiro atoms. The molecule has 2 rings (SSSR count). The standard InChI is InChI=1S/C15H25N3/c1-17(11-5-10-16)14-8-12-18(13-9-14)15-6-3-2-4-7-15/h2-4,6-7,14H,5,8-13,16H2,1H3. The predicted octanol–water partition coefficient (Wildman–Crippen LogP) is 1.94. The van der Waals surface area contributed by atoms with E-state index in [4.69, 9.17) is 5.73 Å². The Morgan fingerprint density at radius 1 is 1.22 bits per heavy atom. The predicted molar refractivity (Wildman–Crippen MR) is 78.0 cm³/mol. The minimum absolute atomic E-state index is 0.733. The summed E-state index contributed by atoms with van der Waals surface area (Å²) in [4.78, 5) is 4.97. The van der Waals surface area contributed by atoms with Gasteiger partial charge in [-0.2, -0.15) is 0 Å². The van der Waals surface area contributed by atoms with Gasteiger partial charge in [-0.1, -0.05) is 18.2 Å². The molecule has 0 saturated carbocycles. The van der Waals surface area contributed by atoms with Crippen LogP contribution < -0.4 is 10.6 Å². The molecule has 1 aliphatic heterocycles. The van der Waals surface area contributed by atoms with Crippen molar-refractivity contribution in [3.05, 3.63) is 30.3 Å². The van der Waals surface area contributed by atoms with E-state index in [1.165, 1.54) is 31.6 Å². The summed E-state index contributed by atoms with van der Waals surface area (Å²) >= 11 is 0. The van der Waals surface area contributed by atoms with Crippen LogP contribution in [0.3, 0.4) is 0 Å². The molecule has 0 atom stereocenters. The summed E-state index contributed by atoms with van der Waals surface area (Å²) in [5.41, 5.74) is 6.93. The van der Waals surface area contributed by atoms with E-state index in [9.17, 15) is 0 Å². The Morgan fingerprint density at radius 2 is 1.89 bits per heavy atom. The van der Waals surface area contributed by atoms with Gasteiger partial charge in [0, 0.05) is 24.8 Å². The molecule has 0 bridgehead atoms. The Bertz CT molecular complexity index is 331. The van der Waals surface area contributed by atoms with E-state index in [0.29, 0.717) is 0 Å². The molecular formula is C15H25N3. The van der Waals surface area contributed by atoms with Gasteiger partial charge in [0.05, 0.1) is 0 Å². The van der Waals surface area contributed by atoms with Gasteiger partial charge in [-0.15, -0.1) is 0 Å². The number of nitrogens with two attached hydrogens (primary N) is 1. The molecule has 0 unspecified atom stereocenters. The lowest BCUT2D eigenvalue weighted by Crippen LogP contribution is -2.43. The normalized spacial score (nSPS) is 17.4. The second-order valence-electron chi connectivity index (χ2n) is 5.18. The first-order chi connectivity index (χ1) is 8.81. The number of hydrogen-bond donors (Lipinski definition) is 1. The minimum Gasteiger partial charge on any atom is -0.371 e. The summed E-state index contributed by atoms with van der Waals surface area (Å²) in [6.07, 6.45) is 3.63. The van der Waals surface area contributed by atoms with Crippen LogP contribution in [0, 0.1) is 0 Å². The van der Waals surface area contributed by atoms with E-state index < -0.39 is 0 Å². The van der Waals surface area contributed by atoms with Crippen molar-refractivity contribution in [2.75, 3.05) is 38.1 Å². The number of anilines is 1. The van der Waals surface area contributed by atoms with Gasteiger partial charge in [0.2, 0.25) is 0 Å². The van der Waals surface area contributed by atoms with E-state index >= 15 is 0 Å². The minimum atomic E-state index is 0.733. The van der Waals surface area contributed by atoms with Crippen molar-refractivity contribution >= 4 is 5.69 Å². The first-order valence-electron chi connectivity index (χ1n) is 7.01. The van der Waals surface area contributed by atoms with Crippen LogP contribution in [0.15, 0.2) is 30.3 Å². The number of rotatable bonds is 5. The molecule has 0 aliphatic carbocycles. The molecular weight excluding hydrogens is 222 g/mol. The zero-order valence-electron chi connectivity index (χ0n) is 11.4. The number of nitrogens with zero attached hydrogens (tertiary/aromatic N) is 2. The van der Waals surface area contributed by atoms with Crippen LogP contribution in [-0.2, 0) is 0 Å². The highest BCUT2D eigenvalue weighted by molar-refractivity contribution is 5.46. The summed E-state index contributed by atoms with van der Waals surface area (Å²) in [6.45, 7) is 4.27. The lowest BCUT2D eigenvalue weighted by molar-refractivity contribution is 0.207. The first kappa shape index (κ1) is 13.4. The fourth-order valence-corrected chi connectivity index (χ4v) is 2.73. The Kier molecular flexibility index (Phi) is 5.02. The molecule has 100 valence electrons. The maximum Gasteiger partial charge on any atom is 0.0366 e. The van der Waals surface area contributed by atoms with Crippen molar-refractivity contribution in [3.8, 4) is 0 Å². The summed E-state index contributed by atoms with van der Waals surface area (Å²) in [7, 11) is 2.23. The molecule has 1 fully saturated rings. The highest BCUT2D eigenvalue weighted by Crippen LogP contribution is 2.21. The third-order valence-corrected chi connectivity index (χ3v) is 3.92. The van der Waals surface area contributed by atoms with Crippen LogP contribution in [0.5, 0.6) is 0 Å². The van der Waals surface area contributed by atoms with Crippen LogP contribution in [0.2, 0.25) is 0 Å². The first-order valence-corrected chi connectivity index (χ1v) is 7.01. The molecule has 3 nitrogen and oxygen atoms in total. The quantitative estimate of drug-likeness (QED) is 0.863. The van der Waals surface area contributed by atoms with E-state index in [2.05, 4.69) is 47.2 Å². The van der Waals surface area contributed by atoms with Gasteiger partial charge in [0.1, 0.15) is 0 Å². The van der Waals surface area contributed by atoms with Gasteiger partial charge >= 0.3 is 0 Å². The molecule has 0 amide bonds. The maximum atomic E-state index is 5.57. The van der Waals surface area contributed by atoms with Crippen molar-refractivity contribution < 1.29 is 0 Å². The highest BCUT2D eigenvalue weighted by Gasteiger charge is 2.21. The second kappa shape index (κ2) is 6.76. The summed E-state index contributed by atoms with van der Waals surface area (Å²) in [6, 6.07) is 11.5. The van der Waals surface area contributed by atoms with E-state index in [1.807, 2.05) is 0 Å². The maximum absolute atomic E-state index is 5.57. The van der Waals surface area contributed by atoms with Crippen LogP contribution in [-0.4, -0.2) is 44.2 Å². The van der Waals surface area contributed by atoms with Crippen LogP contribution in [0.25, 0.3) is 0 Å². The lowest BCUT2D eigenvalue weighted by Gasteiger charge is -2.37. The fraction of sp³-hybridized carbons (Fsp3) is 0.600. The summed E-state index contributed by atoms with van der Waals surface area (Å²) in [5.74, 6) is 0. The number of benzene rings is 1. The third kappa shape index (κ3) is 3.47. The Balaban J connectivity index is 1.81. The number of hydrogen-bond acceptors (Lipinski definition) is 3. The Morgan fingerprint density at radius 3 is 2.50 bits per heavy atom. The lowest BCUT2D eigenvalue weighted by atomic mass is 10.0. The number of piperidine rings is 1. The zero-order valence-corrected chi connectivity index (χ0v) is 11.4. The zero-order chi connectivity index (χ0) is 12.8. The van der Waals surface area contributed by atoms with Gasteiger partial charge in [-0.05, 0) is 51.5 Å². The van der Waals surface area contributed by atoms with Gasteiger partial charge in [0.15, 0.2) is 0 Å². The Labute approximate surface area is 111 Å². The molecule has 1 aromatic rings. The molecule has 1 heterocycles. The van der Waals surface area contributed by atoms with Gasteiger partial charge in [0.25, 0.3) is 0 Å². The number of para-hydroxylation sites is 1. The van der Waals surface area contributed by atoms with Crippen molar-refractivity contribution in [3.63, 3.8) is 0 Å². The highest BCUT2D eigenvalue weighted by atomic mass is 15.2. The van der Waals surface area contributed by atoms with Gasteiger partial charge < -0.3 is 15.5 Å². The van der Waals surface area contributed by atoms with Gasteiger partial charge in [-0.25, -0.2) is 0 Å². The van der Waals surface area contributed by atoms with Crippen molar-refractivity contribution in [1.82, 2.24) is 4.90 Å². The van der Waals surface area contributed by atoms with E-state index in [-0.39, 0.29) is 0 Å². The Hall–Kier alpha value is -1.06. The summed E-state index contributed by atoms with van der Waals surface area (Å²) < 4.78 is 0. The monoisotopic (exact) mass is 247 g/mol. The molecule has 1 aliphatic rings. The molecule has 0 aromatic heterocycles. The van der Waals surface area contributed by atoms with Gasteiger partial charge in [-0.3, -0.25) is 0 Å². The van der Waals surface area contributed by atoms with E-state index in [0.717, 1.165) is 25.6 Å². The molecule has 1 saturated heterocycles. The molecule has 18 heavy (non-hydrogen) atoms. The third-order valence-electron chi connectivity index (χ3n) is 3.92. The molecule has 0 radical (unpaired) electrons. The second-order valence-corrected chi connectivity index (χ2v) is 5.18.